The Morgan fingerprint density at radius 1 is 1.22 bits per heavy atom. The quantitative estimate of drug-likeness (QED) is 0.582. The summed E-state index contributed by atoms with van der Waals surface area (Å²) < 4.78 is 32.4. The molecule has 0 fully saturated rings. The topological polar surface area (TPSA) is 92.4 Å². The number of rotatable bonds is 3. The molecule has 18 heavy (non-hydrogen) atoms. The molecule has 0 aliphatic rings. The zero-order valence-corrected chi connectivity index (χ0v) is 10.6. The zero-order valence-electron chi connectivity index (χ0n) is 9.79. The Hall–Kier alpha value is -1.63. The van der Waals surface area contributed by atoms with Crippen LogP contribution in [0.1, 0.15) is 6.92 Å². The third kappa shape index (κ3) is 2.45. The molecule has 1 unspecified atom stereocenters. The van der Waals surface area contributed by atoms with E-state index < -0.39 is 16.3 Å². The third-order valence-corrected chi connectivity index (χ3v) is 3.48. The molecule has 0 spiro atoms. The minimum absolute atomic E-state index is 0.141. The third-order valence-electron chi connectivity index (χ3n) is 2.52. The Morgan fingerprint density at radius 2 is 1.89 bits per heavy atom. The van der Waals surface area contributed by atoms with E-state index in [1.807, 2.05) is 0 Å². The molecule has 6 heteroatoms. The van der Waals surface area contributed by atoms with Gasteiger partial charge in [0.05, 0.1) is 11.9 Å². The van der Waals surface area contributed by atoms with Gasteiger partial charge in [0.1, 0.15) is 4.90 Å². The highest BCUT2D eigenvalue weighted by atomic mass is 32.2. The predicted molar refractivity (Wildman–Crippen MR) is 71.0 cm³/mol. The van der Waals surface area contributed by atoms with Crippen LogP contribution < -0.4 is 11.1 Å². The number of hydrogen-bond acceptors (Lipinski definition) is 4. The molecule has 0 aromatic heterocycles. The van der Waals surface area contributed by atoms with E-state index >= 15 is 0 Å². The number of fused-ring (bicyclic) bond motifs is 1. The van der Waals surface area contributed by atoms with Crippen LogP contribution >= 0.6 is 0 Å². The van der Waals surface area contributed by atoms with Crippen LogP contribution in [-0.2, 0) is 10.1 Å². The Bertz CT molecular complexity index is 681. The minimum atomic E-state index is -4.32. The van der Waals surface area contributed by atoms with Crippen molar-refractivity contribution in [3.05, 3.63) is 36.4 Å². The van der Waals surface area contributed by atoms with Crippen LogP contribution in [0.2, 0.25) is 0 Å². The van der Waals surface area contributed by atoms with Crippen LogP contribution in [0, 0.1) is 0 Å². The van der Waals surface area contributed by atoms with Crippen molar-refractivity contribution in [1.82, 2.24) is 0 Å². The first kappa shape index (κ1) is 12.8. The maximum atomic E-state index is 11.5. The van der Waals surface area contributed by atoms with E-state index in [2.05, 4.69) is 5.32 Å². The lowest BCUT2D eigenvalue weighted by Crippen LogP contribution is -2.26. The largest absolute Gasteiger partial charge is 0.369 e. The van der Waals surface area contributed by atoms with Crippen LogP contribution in [0.3, 0.4) is 0 Å². The normalized spacial score (nSPS) is 13.5. The molecule has 96 valence electrons. The van der Waals surface area contributed by atoms with Gasteiger partial charge >= 0.3 is 0 Å². The number of anilines is 1. The Balaban J connectivity index is 2.80. The van der Waals surface area contributed by atoms with Crippen molar-refractivity contribution in [2.24, 2.45) is 5.73 Å². The van der Waals surface area contributed by atoms with Crippen LogP contribution in [-0.4, -0.2) is 19.1 Å². The number of benzene rings is 2. The van der Waals surface area contributed by atoms with Crippen LogP contribution in [0.25, 0.3) is 10.8 Å². The summed E-state index contributed by atoms with van der Waals surface area (Å²) in [5.74, 6) is 0. The molecule has 2 aromatic rings. The molecule has 0 heterocycles. The summed E-state index contributed by atoms with van der Waals surface area (Å²) in [5, 5.41) is 4.01. The highest BCUT2D eigenvalue weighted by Gasteiger charge is 2.19. The van der Waals surface area contributed by atoms with Gasteiger partial charge in [-0.3, -0.25) is 4.55 Å². The van der Waals surface area contributed by atoms with Gasteiger partial charge in [0.2, 0.25) is 0 Å². The van der Waals surface area contributed by atoms with E-state index in [0.717, 1.165) is 5.39 Å². The zero-order chi connectivity index (χ0) is 13.3. The first-order chi connectivity index (χ1) is 8.39. The van der Waals surface area contributed by atoms with Gasteiger partial charge in [0.25, 0.3) is 10.1 Å². The molecular weight excluding hydrogens is 252 g/mol. The van der Waals surface area contributed by atoms with Crippen LogP contribution in [0.4, 0.5) is 5.69 Å². The smallest absolute Gasteiger partial charge is 0.297 e. The summed E-state index contributed by atoms with van der Waals surface area (Å²) in [4.78, 5) is -0.141. The summed E-state index contributed by atoms with van der Waals surface area (Å²) >= 11 is 0. The van der Waals surface area contributed by atoms with E-state index in [1.54, 1.807) is 43.3 Å². The Morgan fingerprint density at radius 3 is 2.50 bits per heavy atom. The molecule has 0 bridgehead atoms. The van der Waals surface area contributed by atoms with E-state index in [1.165, 1.54) is 0 Å². The van der Waals surface area contributed by atoms with Gasteiger partial charge < -0.3 is 11.1 Å². The highest BCUT2D eigenvalue weighted by molar-refractivity contribution is 7.86. The van der Waals surface area contributed by atoms with Crippen molar-refractivity contribution in [3.8, 4) is 0 Å². The van der Waals surface area contributed by atoms with Gasteiger partial charge in [-0.1, -0.05) is 30.3 Å². The first-order valence-electron chi connectivity index (χ1n) is 5.41. The fraction of sp³-hybridized carbons (Fsp3) is 0.167. The summed E-state index contributed by atoms with van der Waals surface area (Å²) in [5.41, 5.74) is 5.89. The van der Waals surface area contributed by atoms with Crippen molar-refractivity contribution in [2.45, 2.75) is 18.0 Å². The van der Waals surface area contributed by atoms with Crippen LogP contribution in [0.5, 0.6) is 0 Å². The predicted octanol–water partition coefficient (Wildman–Crippen LogP) is 1.80. The summed E-state index contributed by atoms with van der Waals surface area (Å²) in [7, 11) is -4.32. The molecule has 2 rings (SSSR count). The van der Waals surface area contributed by atoms with Gasteiger partial charge in [0, 0.05) is 5.39 Å². The maximum Gasteiger partial charge on any atom is 0.297 e. The second-order valence-corrected chi connectivity index (χ2v) is 5.43. The molecule has 2 aromatic carbocycles. The molecule has 1 atom stereocenters. The van der Waals surface area contributed by atoms with Crippen molar-refractivity contribution in [1.29, 1.82) is 0 Å². The Kier molecular flexibility index (Phi) is 3.25. The molecule has 4 N–H and O–H groups in total. The van der Waals surface area contributed by atoms with Crippen LogP contribution in [0.15, 0.2) is 41.3 Å². The lowest BCUT2D eigenvalue weighted by atomic mass is 10.1. The molecule has 5 nitrogen and oxygen atoms in total. The van der Waals surface area contributed by atoms with Crippen molar-refractivity contribution < 1.29 is 13.0 Å². The first-order valence-corrected chi connectivity index (χ1v) is 6.85. The number of nitrogens with two attached hydrogens (primary N) is 1. The van der Waals surface area contributed by atoms with E-state index in [4.69, 9.17) is 5.73 Å². The SMILES string of the molecule is CC(N)Nc1ccc2ccccc2c1S(=O)(=O)O. The molecular formula is C12H14N2O3S. The van der Waals surface area contributed by atoms with E-state index in [-0.39, 0.29) is 4.90 Å². The lowest BCUT2D eigenvalue weighted by Gasteiger charge is -2.15. The number of nitrogens with one attached hydrogen (secondary N) is 1. The van der Waals surface area contributed by atoms with Crippen molar-refractivity contribution in [2.75, 3.05) is 5.32 Å². The molecule has 0 saturated heterocycles. The maximum absolute atomic E-state index is 11.5. The Labute approximate surface area is 105 Å². The average molecular weight is 266 g/mol. The van der Waals surface area contributed by atoms with Gasteiger partial charge in [-0.2, -0.15) is 8.42 Å². The van der Waals surface area contributed by atoms with E-state index in [0.29, 0.717) is 11.1 Å². The molecule has 0 radical (unpaired) electrons. The highest BCUT2D eigenvalue weighted by Crippen LogP contribution is 2.30. The lowest BCUT2D eigenvalue weighted by molar-refractivity contribution is 0.484. The number of hydrogen-bond donors (Lipinski definition) is 3. The molecule has 0 aliphatic heterocycles. The van der Waals surface area contributed by atoms with Gasteiger partial charge in [-0.25, -0.2) is 0 Å². The summed E-state index contributed by atoms with van der Waals surface area (Å²) in [6.07, 6.45) is -0.424. The van der Waals surface area contributed by atoms with E-state index in [9.17, 15) is 13.0 Å². The standard InChI is InChI=1S/C12H14N2O3S/c1-8(13)14-11-7-6-9-4-2-3-5-10(9)12(11)18(15,16)17/h2-8,14H,13H2,1H3,(H,15,16,17). The monoisotopic (exact) mass is 266 g/mol. The minimum Gasteiger partial charge on any atom is -0.369 e. The van der Waals surface area contributed by atoms with Gasteiger partial charge in [0.15, 0.2) is 0 Å². The van der Waals surface area contributed by atoms with Gasteiger partial charge in [-0.15, -0.1) is 0 Å². The summed E-state index contributed by atoms with van der Waals surface area (Å²) in [6.45, 7) is 1.68. The van der Waals surface area contributed by atoms with Crippen molar-refractivity contribution in [3.63, 3.8) is 0 Å². The van der Waals surface area contributed by atoms with Crippen molar-refractivity contribution >= 4 is 26.6 Å². The average Bonchev–Trinajstić information content (AvgIpc) is 2.26. The fourth-order valence-corrected chi connectivity index (χ4v) is 2.75. The second kappa shape index (κ2) is 4.56. The molecule has 0 amide bonds. The second-order valence-electron chi connectivity index (χ2n) is 4.07. The summed E-state index contributed by atoms with van der Waals surface area (Å²) in [6, 6.07) is 10.3. The molecule has 0 saturated carbocycles. The van der Waals surface area contributed by atoms with Gasteiger partial charge in [-0.05, 0) is 18.4 Å². The molecule has 0 aliphatic carbocycles. The fourth-order valence-electron chi connectivity index (χ4n) is 1.88.